The minimum atomic E-state index is -0.929. The molecule has 1 amide bonds. The number of carboxylic acids is 1. The molecule has 1 aliphatic heterocycles. The zero-order valence-electron chi connectivity index (χ0n) is 12.7. The third-order valence-electron chi connectivity index (χ3n) is 3.71. The Morgan fingerprint density at radius 1 is 1.30 bits per heavy atom. The number of para-hydroxylation sites is 1. The summed E-state index contributed by atoms with van der Waals surface area (Å²) in [5.74, 6) is -0.729. The van der Waals surface area contributed by atoms with Gasteiger partial charge in [-0.15, -0.1) is 0 Å². The molecule has 0 saturated carbocycles. The van der Waals surface area contributed by atoms with Gasteiger partial charge in [0.15, 0.2) is 6.61 Å². The van der Waals surface area contributed by atoms with Gasteiger partial charge in [0.05, 0.1) is 11.4 Å². The highest BCUT2D eigenvalue weighted by atomic mass is 35.5. The van der Waals surface area contributed by atoms with Crippen molar-refractivity contribution in [2.75, 3.05) is 26.4 Å². The van der Waals surface area contributed by atoms with E-state index < -0.39 is 5.97 Å². The minimum absolute atomic E-state index is 0.00885. The second-order valence-electron chi connectivity index (χ2n) is 5.29. The third-order valence-corrected chi connectivity index (χ3v) is 4.02. The average molecular weight is 342 g/mol. The minimum Gasteiger partial charge on any atom is -0.482 e. The summed E-state index contributed by atoms with van der Waals surface area (Å²) in [5.41, 5.74) is 0. The van der Waals surface area contributed by atoms with Crippen molar-refractivity contribution in [2.45, 2.75) is 25.3 Å². The van der Waals surface area contributed by atoms with Crippen LogP contribution in [0.3, 0.4) is 0 Å². The lowest BCUT2D eigenvalue weighted by Crippen LogP contribution is -2.46. The van der Waals surface area contributed by atoms with Gasteiger partial charge in [-0.3, -0.25) is 9.59 Å². The molecule has 0 radical (unpaired) electrons. The van der Waals surface area contributed by atoms with Crippen LogP contribution in [0.4, 0.5) is 0 Å². The Hall–Kier alpha value is -1.79. The Morgan fingerprint density at radius 3 is 2.65 bits per heavy atom. The largest absolute Gasteiger partial charge is 0.482 e. The van der Waals surface area contributed by atoms with Crippen molar-refractivity contribution in [2.24, 2.45) is 0 Å². The van der Waals surface area contributed by atoms with Gasteiger partial charge < -0.3 is 19.5 Å². The number of carboxylic acid groups (broad SMARTS) is 1. The molecule has 126 valence electrons. The molecule has 1 fully saturated rings. The highest BCUT2D eigenvalue weighted by Crippen LogP contribution is 2.23. The second kappa shape index (κ2) is 8.74. The van der Waals surface area contributed by atoms with Crippen molar-refractivity contribution in [1.29, 1.82) is 0 Å². The van der Waals surface area contributed by atoms with Crippen LogP contribution in [-0.4, -0.2) is 54.3 Å². The highest BCUT2D eigenvalue weighted by molar-refractivity contribution is 6.32. The molecule has 1 aromatic carbocycles. The van der Waals surface area contributed by atoms with Gasteiger partial charge in [0.1, 0.15) is 5.75 Å². The van der Waals surface area contributed by atoms with E-state index in [0.29, 0.717) is 36.8 Å². The van der Waals surface area contributed by atoms with E-state index in [2.05, 4.69) is 0 Å². The summed E-state index contributed by atoms with van der Waals surface area (Å²) in [5, 5.41) is 9.31. The van der Waals surface area contributed by atoms with Gasteiger partial charge in [0, 0.05) is 25.8 Å². The lowest BCUT2D eigenvalue weighted by Gasteiger charge is -2.34. The summed E-state index contributed by atoms with van der Waals surface area (Å²) in [4.78, 5) is 24.9. The quantitative estimate of drug-likeness (QED) is 0.822. The average Bonchev–Trinajstić information content (AvgIpc) is 2.55. The number of carbonyl (C=O) groups excluding carboxylic acids is 1. The van der Waals surface area contributed by atoms with Crippen LogP contribution in [0, 0.1) is 0 Å². The van der Waals surface area contributed by atoms with Gasteiger partial charge in [-0.1, -0.05) is 23.7 Å². The predicted molar refractivity (Wildman–Crippen MR) is 84.8 cm³/mol. The first-order valence-corrected chi connectivity index (χ1v) is 7.92. The van der Waals surface area contributed by atoms with Crippen molar-refractivity contribution in [1.82, 2.24) is 4.90 Å². The summed E-state index contributed by atoms with van der Waals surface area (Å²) in [6.07, 6.45) is 1.32. The van der Waals surface area contributed by atoms with Gasteiger partial charge in [0.25, 0.3) is 5.91 Å². The number of carbonyl (C=O) groups is 2. The third kappa shape index (κ3) is 5.41. The maximum Gasteiger partial charge on any atom is 0.305 e. The number of nitrogens with zero attached hydrogens (tertiary/aromatic N) is 1. The fourth-order valence-corrected chi connectivity index (χ4v) is 2.70. The van der Waals surface area contributed by atoms with Crippen molar-refractivity contribution < 1.29 is 24.2 Å². The van der Waals surface area contributed by atoms with Gasteiger partial charge in [-0.25, -0.2) is 0 Å². The molecular weight excluding hydrogens is 322 g/mol. The van der Waals surface area contributed by atoms with E-state index in [4.69, 9.17) is 26.2 Å². The smallest absolute Gasteiger partial charge is 0.305 e. The van der Waals surface area contributed by atoms with Crippen molar-refractivity contribution in [3.8, 4) is 5.75 Å². The van der Waals surface area contributed by atoms with Crippen LogP contribution in [0.25, 0.3) is 0 Å². The van der Waals surface area contributed by atoms with Crippen LogP contribution in [0.2, 0.25) is 5.02 Å². The number of amides is 1. The number of hydrogen-bond donors (Lipinski definition) is 1. The molecule has 1 heterocycles. The number of aliphatic carboxylic acids is 1. The highest BCUT2D eigenvalue weighted by Gasteiger charge is 2.26. The first-order chi connectivity index (χ1) is 11.1. The zero-order chi connectivity index (χ0) is 16.7. The summed E-state index contributed by atoms with van der Waals surface area (Å²) in [7, 11) is 0. The summed E-state index contributed by atoms with van der Waals surface area (Å²) in [6.45, 7) is 1.16. The van der Waals surface area contributed by atoms with Gasteiger partial charge in [0.2, 0.25) is 0 Å². The van der Waals surface area contributed by atoms with E-state index >= 15 is 0 Å². The molecule has 1 aromatic rings. The molecule has 1 saturated heterocycles. The van der Waals surface area contributed by atoms with Crippen LogP contribution < -0.4 is 4.74 Å². The van der Waals surface area contributed by atoms with E-state index in [-0.39, 0.29) is 31.5 Å². The van der Waals surface area contributed by atoms with E-state index in [9.17, 15) is 9.59 Å². The van der Waals surface area contributed by atoms with Crippen LogP contribution in [0.1, 0.15) is 19.3 Å². The monoisotopic (exact) mass is 341 g/mol. The number of halogens is 1. The summed E-state index contributed by atoms with van der Waals surface area (Å²) >= 11 is 5.99. The fraction of sp³-hybridized carbons (Fsp3) is 0.500. The molecule has 6 nitrogen and oxygen atoms in total. The Morgan fingerprint density at radius 2 is 2.00 bits per heavy atom. The van der Waals surface area contributed by atoms with Crippen molar-refractivity contribution >= 4 is 23.5 Å². The van der Waals surface area contributed by atoms with Crippen LogP contribution in [0.15, 0.2) is 24.3 Å². The standard InChI is InChI=1S/C16H20ClNO5/c17-13-3-1-2-4-14(13)23-11-15(19)18(8-5-16(20)21)12-6-9-22-10-7-12/h1-4,12H,5-11H2,(H,20,21). The topological polar surface area (TPSA) is 76.1 Å². The maximum atomic E-state index is 12.5. The van der Waals surface area contributed by atoms with E-state index in [1.165, 1.54) is 0 Å². The number of hydrogen-bond acceptors (Lipinski definition) is 4. The molecule has 1 aliphatic rings. The van der Waals surface area contributed by atoms with Crippen LogP contribution >= 0.6 is 11.6 Å². The van der Waals surface area contributed by atoms with Gasteiger partial charge >= 0.3 is 5.97 Å². The fourth-order valence-electron chi connectivity index (χ4n) is 2.51. The summed E-state index contributed by atoms with van der Waals surface area (Å²) < 4.78 is 10.8. The number of ether oxygens (including phenoxy) is 2. The van der Waals surface area contributed by atoms with Gasteiger partial charge in [-0.2, -0.15) is 0 Å². The molecular formula is C16H20ClNO5. The molecule has 1 N–H and O–H groups in total. The lowest BCUT2D eigenvalue weighted by atomic mass is 10.1. The van der Waals surface area contributed by atoms with E-state index in [1.54, 1.807) is 29.2 Å². The van der Waals surface area contributed by atoms with Crippen molar-refractivity contribution in [3.05, 3.63) is 29.3 Å². The maximum absolute atomic E-state index is 12.5. The summed E-state index contributed by atoms with van der Waals surface area (Å²) in [6, 6.07) is 6.91. The Bertz CT molecular complexity index is 545. The molecule has 7 heteroatoms. The van der Waals surface area contributed by atoms with Crippen LogP contribution in [0.5, 0.6) is 5.75 Å². The molecule has 0 aliphatic carbocycles. The normalized spacial score (nSPS) is 15.2. The molecule has 2 rings (SSSR count). The van der Waals surface area contributed by atoms with E-state index in [0.717, 1.165) is 0 Å². The van der Waals surface area contributed by atoms with Crippen LogP contribution in [-0.2, 0) is 14.3 Å². The molecule has 0 aromatic heterocycles. The Kier molecular flexibility index (Phi) is 6.67. The number of rotatable bonds is 7. The first-order valence-electron chi connectivity index (χ1n) is 7.54. The van der Waals surface area contributed by atoms with E-state index in [1.807, 2.05) is 0 Å². The molecule has 0 spiro atoms. The molecule has 0 bridgehead atoms. The first kappa shape index (κ1) is 17.6. The van der Waals surface area contributed by atoms with Gasteiger partial charge in [-0.05, 0) is 25.0 Å². The second-order valence-corrected chi connectivity index (χ2v) is 5.70. The Labute approximate surface area is 139 Å². The SMILES string of the molecule is O=C(O)CCN(C(=O)COc1ccccc1Cl)C1CCOCC1. The predicted octanol–water partition coefficient (Wildman–Crippen LogP) is 2.20. The molecule has 0 atom stereocenters. The Balaban J connectivity index is 1.97. The zero-order valence-corrected chi connectivity index (χ0v) is 13.5. The molecule has 0 unspecified atom stereocenters. The van der Waals surface area contributed by atoms with Crippen molar-refractivity contribution in [3.63, 3.8) is 0 Å². The number of benzene rings is 1. The lowest BCUT2D eigenvalue weighted by molar-refractivity contribution is -0.141. The molecule has 23 heavy (non-hydrogen) atoms.